The zero-order valence-electron chi connectivity index (χ0n) is 8.93. The van der Waals surface area contributed by atoms with Gasteiger partial charge in [-0.15, -0.1) is 0 Å². The van der Waals surface area contributed by atoms with Crippen LogP contribution in [0.3, 0.4) is 0 Å². The van der Waals surface area contributed by atoms with E-state index in [9.17, 15) is 5.11 Å². The number of nitrogens with zero attached hydrogens (tertiary/aromatic N) is 1. The van der Waals surface area contributed by atoms with E-state index in [1.54, 1.807) is 20.1 Å². The molecule has 0 amide bonds. The average molecular weight is 205 g/mol. The fourth-order valence-electron chi connectivity index (χ4n) is 1.01. The Morgan fingerprint density at radius 1 is 1.50 bits per heavy atom. The maximum Gasteiger partial charge on any atom is 0.160 e. The first-order valence-corrected chi connectivity index (χ1v) is 4.55. The van der Waals surface area contributed by atoms with Crippen molar-refractivity contribution in [3.63, 3.8) is 0 Å². The lowest BCUT2D eigenvalue weighted by Gasteiger charge is -2.24. The van der Waals surface area contributed by atoms with Gasteiger partial charge < -0.3 is 19.8 Å². The first-order valence-electron chi connectivity index (χ1n) is 4.55. The fourth-order valence-corrected chi connectivity index (χ4v) is 1.01. The molecule has 0 saturated heterocycles. The molecule has 0 heterocycles. The van der Waals surface area contributed by atoms with Crippen molar-refractivity contribution in [2.75, 3.05) is 13.7 Å². The summed E-state index contributed by atoms with van der Waals surface area (Å²) in [5.74, 6) is -1.19. The molecule has 0 bridgehead atoms. The second kappa shape index (κ2) is 6.75. The van der Waals surface area contributed by atoms with Gasteiger partial charge in [-0.05, 0) is 20.3 Å². The highest BCUT2D eigenvalue weighted by atomic mass is 16.6. The van der Waals surface area contributed by atoms with Gasteiger partial charge in [-0.3, -0.25) is 0 Å². The predicted molar refractivity (Wildman–Crippen MR) is 53.0 cm³/mol. The summed E-state index contributed by atoms with van der Waals surface area (Å²) in [4.78, 5) is 4.49. The number of oxime groups is 1. The summed E-state index contributed by atoms with van der Waals surface area (Å²) >= 11 is 0. The normalized spacial score (nSPS) is 14.6. The van der Waals surface area contributed by atoms with Crippen LogP contribution < -0.4 is 0 Å². The van der Waals surface area contributed by atoms with E-state index in [1.165, 1.54) is 7.11 Å². The molecule has 0 saturated carbocycles. The lowest BCUT2D eigenvalue weighted by atomic mass is 10.2. The third-order valence-electron chi connectivity index (χ3n) is 1.45. The van der Waals surface area contributed by atoms with E-state index in [-0.39, 0.29) is 12.7 Å². The molecule has 14 heavy (non-hydrogen) atoms. The molecule has 0 fully saturated rings. The molecule has 0 rings (SSSR count). The highest BCUT2D eigenvalue weighted by Crippen LogP contribution is 2.12. The Balaban J connectivity index is 3.95. The average Bonchev–Trinajstić information content (AvgIpc) is 2.02. The molecule has 5 nitrogen and oxygen atoms in total. The van der Waals surface area contributed by atoms with Crippen LogP contribution >= 0.6 is 0 Å². The highest BCUT2D eigenvalue weighted by Gasteiger charge is 2.19. The Hall–Kier alpha value is -0.650. The Kier molecular flexibility index (Phi) is 6.44. The maximum atomic E-state index is 9.39. The summed E-state index contributed by atoms with van der Waals surface area (Å²) in [5, 5.41) is 21.7. The summed E-state index contributed by atoms with van der Waals surface area (Å²) in [7, 11) is 1.45. The van der Waals surface area contributed by atoms with Crippen LogP contribution in [0.5, 0.6) is 0 Å². The van der Waals surface area contributed by atoms with Gasteiger partial charge >= 0.3 is 0 Å². The summed E-state index contributed by atoms with van der Waals surface area (Å²) in [5.41, 5.74) is 0. The molecule has 0 aromatic heterocycles. The smallest absolute Gasteiger partial charge is 0.160 e. The van der Waals surface area contributed by atoms with E-state index in [0.717, 1.165) is 0 Å². The Bertz CT molecular complexity index is 165. The lowest BCUT2D eigenvalue weighted by Crippen LogP contribution is -2.31. The van der Waals surface area contributed by atoms with Crippen LogP contribution in [-0.4, -0.2) is 42.0 Å². The first kappa shape index (κ1) is 13.4. The van der Waals surface area contributed by atoms with Crippen LogP contribution in [0.4, 0.5) is 0 Å². The van der Waals surface area contributed by atoms with Gasteiger partial charge in [0.2, 0.25) is 0 Å². The van der Waals surface area contributed by atoms with Crippen LogP contribution in [0, 0.1) is 0 Å². The third-order valence-corrected chi connectivity index (χ3v) is 1.45. The lowest BCUT2D eigenvalue weighted by molar-refractivity contribution is -0.206. The van der Waals surface area contributed by atoms with E-state index >= 15 is 0 Å². The Morgan fingerprint density at radius 2 is 2.14 bits per heavy atom. The molecular weight excluding hydrogens is 186 g/mol. The fraction of sp³-hybridized carbons (Fsp3) is 0.889. The number of hydrogen-bond acceptors (Lipinski definition) is 5. The molecule has 0 aliphatic carbocycles. The molecule has 84 valence electrons. The quantitative estimate of drug-likeness (QED) is 0.361. The predicted octanol–water partition coefficient (Wildman–Crippen LogP) is 0.505. The van der Waals surface area contributed by atoms with Gasteiger partial charge in [0.25, 0.3) is 0 Å². The second-order valence-corrected chi connectivity index (χ2v) is 3.41. The zero-order chi connectivity index (χ0) is 11.0. The second-order valence-electron chi connectivity index (χ2n) is 3.41. The van der Waals surface area contributed by atoms with Crippen molar-refractivity contribution in [3.8, 4) is 0 Å². The standard InChI is InChI=1S/C9H19NO4/c1-9(2,12)14-8(5-7-11)4-6-10-13-3/h6,8,11-12H,4-5,7H2,1-3H3/b10-6-. The first-order chi connectivity index (χ1) is 6.49. The molecule has 0 aromatic rings. The molecule has 0 spiro atoms. The van der Waals surface area contributed by atoms with Crippen molar-refractivity contribution in [1.82, 2.24) is 0 Å². The summed E-state index contributed by atoms with van der Waals surface area (Å²) in [6.07, 6.45) is 2.25. The zero-order valence-corrected chi connectivity index (χ0v) is 8.93. The minimum Gasteiger partial charge on any atom is -0.399 e. The van der Waals surface area contributed by atoms with Crippen LogP contribution in [0.15, 0.2) is 5.16 Å². The third kappa shape index (κ3) is 7.97. The Labute approximate surface area is 84.3 Å². The van der Waals surface area contributed by atoms with Crippen molar-refractivity contribution in [3.05, 3.63) is 0 Å². The minimum atomic E-state index is -1.19. The van der Waals surface area contributed by atoms with Gasteiger partial charge in [0.05, 0.1) is 6.10 Å². The van der Waals surface area contributed by atoms with Gasteiger partial charge in [-0.2, -0.15) is 0 Å². The molecular formula is C9H19NO4. The minimum absolute atomic E-state index is 0.0154. The molecule has 1 atom stereocenters. The van der Waals surface area contributed by atoms with Crippen molar-refractivity contribution >= 4 is 6.21 Å². The molecule has 1 unspecified atom stereocenters. The molecule has 5 heteroatoms. The number of hydrogen-bond donors (Lipinski definition) is 2. The van der Waals surface area contributed by atoms with Crippen molar-refractivity contribution in [2.45, 2.75) is 38.6 Å². The van der Waals surface area contributed by atoms with Crippen LogP contribution in [-0.2, 0) is 9.57 Å². The molecule has 0 aromatic carbocycles. The van der Waals surface area contributed by atoms with Crippen LogP contribution in [0.25, 0.3) is 0 Å². The summed E-state index contributed by atoms with van der Waals surface area (Å²) in [6, 6.07) is 0. The van der Waals surface area contributed by atoms with Crippen molar-refractivity contribution in [2.24, 2.45) is 5.16 Å². The van der Waals surface area contributed by atoms with E-state index in [1.807, 2.05) is 0 Å². The summed E-state index contributed by atoms with van der Waals surface area (Å²) in [6.45, 7) is 3.11. The highest BCUT2D eigenvalue weighted by molar-refractivity contribution is 5.56. The topological polar surface area (TPSA) is 71.3 Å². The van der Waals surface area contributed by atoms with Gasteiger partial charge in [-0.25, -0.2) is 0 Å². The number of aliphatic hydroxyl groups excluding tert-OH is 1. The molecule has 0 radical (unpaired) electrons. The van der Waals surface area contributed by atoms with Crippen LogP contribution in [0.1, 0.15) is 26.7 Å². The van der Waals surface area contributed by atoms with Crippen molar-refractivity contribution in [1.29, 1.82) is 0 Å². The largest absolute Gasteiger partial charge is 0.399 e. The van der Waals surface area contributed by atoms with Gasteiger partial charge in [0.15, 0.2) is 5.79 Å². The molecule has 0 aliphatic rings. The Morgan fingerprint density at radius 3 is 2.57 bits per heavy atom. The molecule has 2 N–H and O–H groups in total. The maximum absolute atomic E-state index is 9.39. The summed E-state index contributed by atoms with van der Waals surface area (Å²) < 4.78 is 5.27. The van der Waals surface area contributed by atoms with Crippen LogP contribution in [0.2, 0.25) is 0 Å². The SMILES string of the molecule is CO/N=C\CC(CCO)OC(C)(C)O. The monoisotopic (exact) mass is 205 g/mol. The van der Waals surface area contributed by atoms with E-state index in [0.29, 0.717) is 12.8 Å². The van der Waals surface area contributed by atoms with Gasteiger partial charge in [-0.1, -0.05) is 5.16 Å². The van der Waals surface area contributed by atoms with E-state index < -0.39 is 5.79 Å². The van der Waals surface area contributed by atoms with Gasteiger partial charge in [0, 0.05) is 19.2 Å². The molecule has 0 aliphatic heterocycles. The van der Waals surface area contributed by atoms with E-state index in [4.69, 9.17) is 9.84 Å². The number of rotatable bonds is 7. The van der Waals surface area contributed by atoms with E-state index in [2.05, 4.69) is 9.99 Å². The number of aliphatic hydroxyl groups is 2. The van der Waals surface area contributed by atoms with Crippen molar-refractivity contribution < 1.29 is 19.8 Å². The number of ether oxygens (including phenoxy) is 1. The van der Waals surface area contributed by atoms with Gasteiger partial charge in [0.1, 0.15) is 7.11 Å².